The van der Waals surface area contributed by atoms with Crippen molar-refractivity contribution in [1.82, 2.24) is 0 Å². The summed E-state index contributed by atoms with van der Waals surface area (Å²) in [7, 11) is 0. The van der Waals surface area contributed by atoms with Crippen LogP contribution in [0.3, 0.4) is 0 Å². The van der Waals surface area contributed by atoms with Crippen molar-refractivity contribution >= 4 is 5.97 Å². The Morgan fingerprint density at radius 3 is 1.45 bits per heavy atom. The van der Waals surface area contributed by atoms with Gasteiger partial charge in [-0.3, -0.25) is 4.79 Å². The third kappa shape index (κ3) is 15.6. The summed E-state index contributed by atoms with van der Waals surface area (Å²) < 4.78 is 11.8. The minimum Gasteiger partial charge on any atom is -0.494 e. The second kappa shape index (κ2) is 24.1. The zero-order valence-electron chi connectivity index (χ0n) is 30.1. The molecule has 0 aliphatic rings. The molecule has 0 aliphatic carbocycles. The van der Waals surface area contributed by atoms with Gasteiger partial charge in [0.25, 0.3) is 0 Å². The molecule has 3 aromatic carbocycles. The number of hydrogen-bond acceptors (Lipinski definition) is 3. The van der Waals surface area contributed by atoms with Gasteiger partial charge in [-0.2, -0.15) is 0 Å². The van der Waals surface area contributed by atoms with Crippen molar-refractivity contribution in [3.63, 3.8) is 0 Å². The molecule has 0 saturated heterocycles. The lowest BCUT2D eigenvalue weighted by Gasteiger charge is -2.15. The summed E-state index contributed by atoms with van der Waals surface area (Å²) in [6, 6.07) is 25.5. The van der Waals surface area contributed by atoms with Gasteiger partial charge in [-0.15, -0.1) is 0 Å². The van der Waals surface area contributed by atoms with Crippen molar-refractivity contribution in [2.75, 3.05) is 6.61 Å². The summed E-state index contributed by atoms with van der Waals surface area (Å²) in [5.74, 6) is 0.841. The van der Waals surface area contributed by atoms with E-state index in [0.717, 1.165) is 42.7 Å². The van der Waals surface area contributed by atoms with Gasteiger partial charge in [0.1, 0.15) is 11.9 Å². The third-order valence-corrected chi connectivity index (χ3v) is 9.34. The Bertz CT molecular complexity index is 1210. The highest BCUT2D eigenvalue weighted by Crippen LogP contribution is 2.34. The van der Waals surface area contributed by atoms with E-state index in [4.69, 9.17) is 9.47 Å². The van der Waals surface area contributed by atoms with Crippen molar-refractivity contribution in [3.05, 3.63) is 78.4 Å². The molecule has 0 bridgehead atoms. The quantitative estimate of drug-likeness (QED) is 0.0647. The Labute approximate surface area is 287 Å². The normalized spacial score (nSPS) is 11.8. The van der Waals surface area contributed by atoms with Gasteiger partial charge >= 0.3 is 5.97 Å². The monoisotopic (exact) mass is 640 g/mol. The van der Waals surface area contributed by atoms with E-state index in [1.54, 1.807) is 0 Å². The number of carbonyl (C=O) groups is 1. The van der Waals surface area contributed by atoms with Crippen molar-refractivity contribution in [2.45, 2.75) is 155 Å². The highest BCUT2D eigenvalue weighted by atomic mass is 16.5. The fraction of sp³-hybridized carbons (Fsp3) is 0.568. The number of carbonyl (C=O) groups excluding carboxylic acids is 1. The van der Waals surface area contributed by atoms with Crippen molar-refractivity contribution in [2.24, 2.45) is 0 Å². The lowest BCUT2D eigenvalue weighted by atomic mass is 9.93. The highest BCUT2D eigenvalue weighted by Gasteiger charge is 2.13. The summed E-state index contributed by atoms with van der Waals surface area (Å²) >= 11 is 0. The van der Waals surface area contributed by atoms with E-state index in [0.29, 0.717) is 6.42 Å². The molecule has 3 aromatic rings. The van der Waals surface area contributed by atoms with E-state index >= 15 is 0 Å². The topological polar surface area (TPSA) is 35.5 Å². The number of benzene rings is 3. The van der Waals surface area contributed by atoms with Crippen LogP contribution in [0.2, 0.25) is 0 Å². The Morgan fingerprint density at radius 1 is 0.532 bits per heavy atom. The van der Waals surface area contributed by atoms with E-state index in [9.17, 15) is 4.79 Å². The average Bonchev–Trinajstić information content (AvgIpc) is 3.10. The largest absolute Gasteiger partial charge is 0.494 e. The van der Waals surface area contributed by atoms with Crippen LogP contribution >= 0.6 is 0 Å². The summed E-state index contributed by atoms with van der Waals surface area (Å²) in [6.07, 6.45) is 25.0. The minimum absolute atomic E-state index is 0.0980. The Kier molecular flexibility index (Phi) is 19.7. The summed E-state index contributed by atoms with van der Waals surface area (Å²) in [5.41, 5.74) is 5.73. The molecule has 1 atom stereocenters. The molecule has 0 saturated carbocycles. The SMILES string of the molecule is CCCCCCCCCCCCCCCOc1ccc(-c2ccccc2-c2ccc(C(C)OC(=O)CCCCCCCC)cc2)cc1. The van der Waals surface area contributed by atoms with Gasteiger partial charge in [0.15, 0.2) is 0 Å². The Balaban J connectivity index is 1.38. The first-order valence-corrected chi connectivity index (χ1v) is 19.2. The number of ether oxygens (including phenoxy) is 2. The van der Waals surface area contributed by atoms with Gasteiger partial charge < -0.3 is 9.47 Å². The lowest BCUT2D eigenvalue weighted by Crippen LogP contribution is -2.08. The number of hydrogen-bond donors (Lipinski definition) is 0. The third-order valence-electron chi connectivity index (χ3n) is 9.34. The average molecular weight is 641 g/mol. The number of esters is 1. The Morgan fingerprint density at radius 2 is 0.957 bits per heavy atom. The first-order valence-electron chi connectivity index (χ1n) is 19.2. The van der Waals surface area contributed by atoms with E-state index in [1.165, 1.54) is 119 Å². The van der Waals surface area contributed by atoms with Crippen LogP contribution < -0.4 is 4.74 Å². The predicted molar refractivity (Wildman–Crippen MR) is 201 cm³/mol. The molecule has 3 rings (SSSR count). The highest BCUT2D eigenvalue weighted by molar-refractivity contribution is 5.83. The summed E-state index contributed by atoms with van der Waals surface area (Å²) in [5, 5.41) is 0. The van der Waals surface area contributed by atoms with E-state index in [1.807, 2.05) is 6.92 Å². The standard InChI is InChI=1S/C44H64O3/c1-4-6-8-10-12-13-14-15-16-17-18-20-24-36-46-41-34-32-40(33-35-41)43-26-23-22-25-42(43)39-30-28-38(29-31-39)37(3)47-44(45)27-21-19-11-9-7-5-2/h22-23,25-26,28-35,37H,4-21,24,27,36H2,1-3H3. The van der Waals surface area contributed by atoms with Crippen molar-refractivity contribution in [1.29, 1.82) is 0 Å². The van der Waals surface area contributed by atoms with Crippen LogP contribution in [-0.4, -0.2) is 12.6 Å². The maximum absolute atomic E-state index is 12.4. The van der Waals surface area contributed by atoms with Gasteiger partial charge in [0, 0.05) is 6.42 Å². The van der Waals surface area contributed by atoms with Crippen LogP contribution in [0.5, 0.6) is 5.75 Å². The summed E-state index contributed by atoms with van der Waals surface area (Å²) in [6.45, 7) is 7.26. The molecule has 0 amide bonds. The minimum atomic E-state index is -0.251. The zero-order chi connectivity index (χ0) is 33.4. The summed E-state index contributed by atoms with van der Waals surface area (Å²) in [4.78, 5) is 12.4. The lowest BCUT2D eigenvalue weighted by molar-refractivity contribution is -0.148. The van der Waals surface area contributed by atoms with Crippen LogP contribution in [-0.2, 0) is 9.53 Å². The maximum atomic E-state index is 12.4. The number of unbranched alkanes of at least 4 members (excludes halogenated alkanes) is 17. The van der Waals surface area contributed by atoms with Crippen molar-refractivity contribution < 1.29 is 14.3 Å². The van der Waals surface area contributed by atoms with E-state index in [2.05, 4.69) is 86.6 Å². The van der Waals surface area contributed by atoms with Gasteiger partial charge in [0.05, 0.1) is 6.61 Å². The van der Waals surface area contributed by atoms with Gasteiger partial charge in [-0.05, 0) is 59.7 Å². The predicted octanol–water partition coefficient (Wildman–Crippen LogP) is 13.8. The Hall–Kier alpha value is -3.07. The van der Waals surface area contributed by atoms with Crippen LogP contribution in [0, 0.1) is 0 Å². The first kappa shape index (κ1) is 38.4. The molecule has 0 fully saturated rings. The molecule has 0 spiro atoms. The molecule has 0 aromatic heterocycles. The molecule has 0 radical (unpaired) electrons. The fourth-order valence-electron chi connectivity index (χ4n) is 6.33. The van der Waals surface area contributed by atoms with Crippen LogP contribution in [0.4, 0.5) is 0 Å². The molecule has 3 heteroatoms. The van der Waals surface area contributed by atoms with Crippen LogP contribution in [0.25, 0.3) is 22.3 Å². The smallest absolute Gasteiger partial charge is 0.306 e. The van der Waals surface area contributed by atoms with Crippen molar-refractivity contribution in [3.8, 4) is 28.0 Å². The molecular formula is C44H64O3. The number of rotatable bonds is 26. The fourth-order valence-corrected chi connectivity index (χ4v) is 6.33. The van der Waals surface area contributed by atoms with Gasteiger partial charge in [0.2, 0.25) is 0 Å². The molecular weight excluding hydrogens is 576 g/mol. The molecule has 258 valence electrons. The van der Waals surface area contributed by atoms with E-state index in [-0.39, 0.29) is 12.1 Å². The molecule has 3 nitrogen and oxygen atoms in total. The zero-order valence-corrected chi connectivity index (χ0v) is 30.1. The first-order chi connectivity index (χ1) is 23.1. The van der Waals surface area contributed by atoms with E-state index < -0.39 is 0 Å². The molecule has 1 unspecified atom stereocenters. The van der Waals surface area contributed by atoms with Gasteiger partial charge in [-0.1, -0.05) is 184 Å². The van der Waals surface area contributed by atoms with Gasteiger partial charge in [-0.25, -0.2) is 0 Å². The van der Waals surface area contributed by atoms with Crippen LogP contribution in [0.1, 0.15) is 161 Å². The maximum Gasteiger partial charge on any atom is 0.306 e. The second-order valence-electron chi connectivity index (χ2n) is 13.4. The molecule has 0 aliphatic heterocycles. The molecule has 0 heterocycles. The molecule has 47 heavy (non-hydrogen) atoms. The molecule has 0 N–H and O–H groups in total. The van der Waals surface area contributed by atoms with Crippen LogP contribution in [0.15, 0.2) is 72.8 Å². The second-order valence-corrected chi connectivity index (χ2v) is 13.4.